The third-order valence-electron chi connectivity index (χ3n) is 2.70. The largest absolute Gasteiger partial charge is 0.494 e. The van der Waals surface area contributed by atoms with Gasteiger partial charge in [0.2, 0.25) is 5.88 Å². The van der Waals surface area contributed by atoms with Gasteiger partial charge < -0.3 is 14.8 Å². The number of nitrogens with one attached hydrogen (secondary N) is 1. The van der Waals surface area contributed by atoms with Gasteiger partial charge in [-0.25, -0.2) is 4.98 Å². The zero-order chi connectivity index (χ0) is 13.5. The molecule has 0 aliphatic heterocycles. The van der Waals surface area contributed by atoms with Gasteiger partial charge in [-0.3, -0.25) is 0 Å². The Labute approximate surface area is 113 Å². The molecule has 0 aliphatic carbocycles. The summed E-state index contributed by atoms with van der Waals surface area (Å²) in [6.45, 7) is 3.35. The molecule has 0 radical (unpaired) electrons. The zero-order valence-electron chi connectivity index (χ0n) is 11.2. The molecule has 4 heteroatoms. The number of ether oxygens (including phenoxy) is 2. The Morgan fingerprint density at radius 1 is 1.16 bits per heavy atom. The Bertz CT molecular complexity index is 512. The lowest BCUT2D eigenvalue weighted by atomic mass is 10.2. The van der Waals surface area contributed by atoms with E-state index in [1.807, 2.05) is 37.3 Å². The SMILES string of the molecule is CCOc1ccccc1CNc1ccc(OC)nc1. The molecule has 0 saturated carbocycles. The molecule has 19 heavy (non-hydrogen) atoms. The molecule has 1 heterocycles. The van der Waals surface area contributed by atoms with Crippen LogP contribution in [0.25, 0.3) is 0 Å². The fourth-order valence-electron chi connectivity index (χ4n) is 1.75. The van der Waals surface area contributed by atoms with Gasteiger partial charge in [0.1, 0.15) is 5.75 Å². The van der Waals surface area contributed by atoms with Gasteiger partial charge in [-0.05, 0) is 19.1 Å². The highest BCUT2D eigenvalue weighted by atomic mass is 16.5. The molecule has 0 atom stereocenters. The zero-order valence-corrected chi connectivity index (χ0v) is 11.2. The van der Waals surface area contributed by atoms with Crippen LogP contribution in [-0.2, 0) is 6.54 Å². The van der Waals surface area contributed by atoms with E-state index in [4.69, 9.17) is 9.47 Å². The lowest BCUT2D eigenvalue weighted by molar-refractivity contribution is 0.337. The molecule has 0 amide bonds. The molecule has 0 unspecified atom stereocenters. The first-order valence-corrected chi connectivity index (χ1v) is 6.28. The maximum absolute atomic E-state index is 5.59. The summed E-state index contributed by atoms with van der Waals surface area (Å²) in [6, 6.07) is 11.8. The van der Waals surface area contributed by atoms with Crippen molar-refractivity contribution in [2.45, 2.75) is 13.5 Å². The van der Waals surface area contributed by atoms with Gasteiger partial charge in [0, 0.05) is 18.2 Å². The van der Waals surface area contributed by atoms with E-state index in [1.54, 1.807) is 13.3 Å². The molecule has 0 fully saturated rings. The lowest BCUT2D eigenvalue weighted by Gasteiger charge is -2.11. The molecule has 1 N–H and O–H groups in total. The van der Waals surface area contributed by atoms with Gasteiger partial charge in [-0.2, -0.15) is 0 Å². The summed E-state index contributed by atoms with van der Waals surface area (Å²) >= 11 is 0. The predicted molar refractivity (Wildman–Crippen MR) is 75.7 cm³/mol. The Morgan fingerprint density at radius 3 is 2.68 bits per heavy atom. The van der Waals surface area contributed by atoms with Crippen molar-refractivity contribution in [1.82, 2.24) is 4.98 Å². The summed E-state index contributed by atoms with van der Waals surface area (Å²) in [7, 11) is 1.60. The Kier molecular flexibility index (Phi) is 4.61. The first kappa shape index (κ1) is 13.2. The van der Waals surface area contributed by atoms with Crippen molar-refractivity contribution < 1.29 is 9.47 Å². The molecule has 1 aromatic heterocycles. The molecule has 2 rings (SSSR count). The maximum atomic E-state index is 5.59. The highest BCUT2D eigenvalue weighted by Crippen LogP contribution is 2.19. The number of rotatable bonds is 6. The smallest absolute Gasteiger partial charge is 0.213 e. The van der Waals surface area contributed by atoms with Crippen LogP contribution in [0, 0.1) is 0 Å². The number of hydrogen-bond acceptors (Lipinski definition) is 4. The number of hydrogen-bond donors (Lipinski definition) is 1. The number of benzene rings is 1. The van der Waals surface area contributed by atoms with Crippen LogP contribution in [0.4, 0.5) is 5.69 Å². The predicted octanol–water partition coefficient (Wildman–Crippen LogP) is 3.10. The van der Waals surface area contributed by atoms with Crippen LogP contribution in [-0.4, -0.2) is 18.7 Å². The summed E-state index contributed by atoms with van der Waals surface area (Å²) < 4.78 is 10.6. The topological polar surface area (TPSA) is 43.4 Å². The maximum Gasteiger partial charge on any atom is 0.213 e. The van der Waals surface area contributed by atoms with Crippen molar-refractivity contribution in [3.63, 3.8) is 0 Å². The quantitative estimate of drug-likeness (QED) is 0.864. The van der Waals surface area contributed by atoms with Crippen LogP contribution in [0.1, 0.15) is 12.5 Å². The van der Waals surface area contributed by atoms with Crippen LogP contribution >= 0.6 is 0 Å². The van der Waals surface area contributed by atoms with Crippen molar-refractivity contribution in [2.75, 3.05) is 19.0 Å². The summed E-state index contributed by atoms with van der Waals surface area (Å²) in [5, 5.41) is 3.31. The second-order valence-electron chi connectivity index (χ2n) is 3.98. The normalized spacial score (nSPS) is 10.0. The molecular formula is C15H18N2O2. The van der Waals surface area contributed by atoms with Gasteiger partial charge in [-0.1, -0.05) is 18.2 Å². The van der Waals surface area contributed by atoms with E-state index in [1.165, 1.54) is 0 Å². The van der Waals surface area contributed by atoms with Crippen molar-refractivity contribution in [2.24, 2.45) is 0 Å². The fraction of sp³-hybridized carbons (Fsp3) is 0.267. The van der Waals surface area contributed by atoms with E-state index in [-0.39, 0.29) is 0 Å². The van der Waals surface area contributed by atoms with E-state index in [0.717, 1.165) is 17.0 Å². The molecule has 2 aromatic rings. The summed E-state index contributed by atoms with van der Waals surface area (Å²) in [6.07, 6.45) is 1.75. The average molecular weight is 258 g/mol. The van der Waals surface area contributed by atoms with Gasteiger partial charge in [0.05, 0.1) is 25.6 Å². The van der Waals surface area contributed by atoms with E-state index in [0.29, 0.717) is 19.0 Å². The van der Waals surface area contributed by atoms with E-state index in [9.17, 15) is 0 Å². The van der Waals surface area contributed by atoms with Crippen molar-refractivity contribution in [3.05, 3.63) is 48.2 Å². The van der Waals surface area contributed by atoms with Gasteiger partial charge >= 0.3 is 0 Å². The summed E-state index contributed by atoms with van der Waals surface area (Å²) in [4.78, 5) is 4.15. The molecule has 0 saturated heterocycles. The van der Waals surface area contributed by atoms with E-state index >= 15 is 0 Å². The van der Waals surface area contributed by atoms with Crippen molar-refractivity contribution in [1.29, 1.82) is 0 Å². The van der Waals surface area contributed by atoms with Crippen molar-refractivity contribution in [3.8, 4) is 11.6 Å². The average Bonchev–Trinajstić information content (AvgIpc) is 2.47. The first-order chi connectivity index (χ1) is 9.33. The molecule has 0 aliphatic rings. The van der Waals surface area contributed by atoms with Crippen LogP contribution in [0.2, 0.25) is 0 Å². The molecule has 4 nitrogen and oxygen atoms in total. The number of para-hydroxylation sites is 1. The molecule has 1 aromatic carbocycles. The van der Waals surface area contributed by atoms with E-state index in [2.05, 4.69) is 16.4 Å². The second-order valence-corrected chi connectivity index (χ2v) is 3.98. The van der Waals surface area contributed by atoms with Crippen molar-refractivity contribution >= 4 is 5.69 Å². The van der Waals surface area contributed by atoms with Gasteiger partial charge in [0.15, 0.2) is 0 Å². The Balaban J connectivity index is 2.01. The third-order valence-corrected chi connectivity index (χ3v) is 2.70. The van der Waals surface area contributed by atoms with Gasteiger partial charge in [0.25, 0.3) is 0 Å². The second kappa shape index (κ2) is 6.64. The van der Waals surface area contributed by atoms with Crippen LogP contribution < -0.4 is 14.8 Å². The number of nitrogens with zero attached hydrogens (tertiary/aromatic N) is 1. The Hall–Kier alpha value is -2.23. The number of anilines is 1. The van der Waals surface area contributed by atoms with Crippen LogP contribution in [0.15, 0.2) is 42.6 Å². The minimum Gasteiger partial charge on any atom is -0.494 e. The highest BCUT2D eigenvalue weighted by Gasteiger charge is 2.02. The summed E-state index contributed by atoms with van der Waals surface area (Å²) in [5.41, 5.74) is 2.08. The number of aromatic nitrogens is 1. The van der Waals surface area contributed by atoms with Crippen LogP contribution in [0.5, 0.6) is 11.6 Å². The molecule has 100 valence electrons. The minimum absolute atomic E-state index is 0.611. The molecule has 0 bridgehead atoms. The van der Waals surface area contributed by atoms with Crippen LogP contribution in [0.3, 0.4) is 0 Å². The number of methoxy groups -OCH3 is 1. The number of pyridine rings is 1. The third kappa shape index (κ3) is 3.61. The monoisotopic (exact) mass is 258 g/mol. The minimum atomic E-state index is 0.611. The fourth-order valence-corrected chi connectivity index (χ4v) is 1.75. The lowest BCUT2D eigenvalue weighted by Crippen LogP contribution is -2.03. The Morgan fingerprint density at radius 2 is 2.00 bits per heavy atom. The van der Waals surface area contributed by atoms with E-state index < -0.39 is 0 Å². The highest BCUT2D eigenvalue weighted by molar-refractivity contribution is 5.44. The molecule has 0 spiro atoms. The molecular weight excluding hydrogens is 240 g/mol. The van der Waals surface area contributed by atoms with Gasteiger partial charge in [-0.15, -0.1) is 0 Å². The standard InChI is InChI=1S/C15H18N2O2/c1-3-19-14-7-5-4-6-12(14)10-16-13-8-9-15(18-2)17-11-13/h4-9,11,16H,3,10H2,1-2H3. The first-order valence-electron chi connectivity index (χ1n) is 6.28. The summed E-state index contributed by atoms with van der Waals surface area (Å²) in [5.74, 6) is 1.53.